The van der Waals surface area contributed by atoms with Gasteiger partial charge in [0.25, 0.3) is 5.91 Å². The Morgan fingerprint density at radius 3 is 2.48 bits per heavy atom. The summed E-state index contributed by atoms with van der Waals surface area (Å²) < 4.78 is 0. The Morgan fingerprint density at radius 1 is 0.897 bits per heavy atom. The molecule has 6 heteroatoms. The predicted molar refractivity (Wildman–Crippen MR) is 119 cm³/mol. The predicted octanol–water partition coefficient (Wildman–Crippen LogP) is 5.97. The summed E-state index contributed by atoms with van der Waals surface area (Å²) in [5.74, 6) is -0.322. The first-order chi connectivity index (χ1) is 14.1. The monoisotopic (exact) mass is 419 g/mol. The van der Waals surface area contributed by atoms with Crippen LogP contribution < -0.4 is 5.43 Å². The number of hydrogen-bond acceptors (Lipinski definition) is 3. The van der Waals surface area contributed by atoms with E-state index in [0.29, 0.717) is 21.3 Å². The molecule has 0 spiro atoms. The van der Waals surface area contributed by atoms with Gasteiger partial charge in [0.15, 0.2) is 0 Å². The van der Waals surface area contributed by atoms with E-state index >= 15 is 0 Å². The summed E-state index contributed by atoms with van der Waals surface area (Å²) in [4.78, 5) is 17.5. The van der Waals surface area contributed by atoms with Crippen molar-refractivity contribution in [3.05, 3.63) is 100 Å². The van der Waals surface area contributed by atoms with E-state index in [9.17, 15) is 4.79 Å². The molecule has 0 radical (unpaired) electrons. The largest absolute Gasteiger partial charge is 0.272 e. The average Bonchev–Trinajstić information content (AvgIpc) is 2.73. The van der Waals surface area contributed by atoms with Crippen LogP contribution in [-0.4, -0.2) is 17.1 Å². The minimum Gasteiger partial charge on any atom is -0.267 e. The standard InChI is InChI=1S/C23H15Cl2N3O/c24-17-10-8-16(9-11-17)22-13-20(19-6-1-2-7-21(19)27-22)23(29)28-26-14-15-4-3-5-18(25)12-15/h1-14H,(H,28,29)/b26-14+. The Bertz CT molecular complexity index is 1220. The Balaban J connectivity index is 1.68. The van der Waals surface area contributed by atoms with Crippen molar-refractivity contribution in [2.75, 3.05) is 0 Å². The molecular formula is C23H15Cl2N3O. The number of benzene rings is 3. The van der Waals surface area contributed by atoms with Crippen molar-refractivity contribution in [1.29, 1.82) is 0 Å². The third-order valence-corrected chi connectivity index (χ3v) is 4.82. The first-order valence-corrected chi connectivity index (χ1v) is 9.60. The molecule has 0 fully saturated rings. The number of halogens is 2. The first kappa shape index (κ1) is 19.1. The average molecular weight is 420 g/mol. The number of fused-ring (bicyclic) bond motifs is 1. The number of carbonyl (C=O) groups excluding carboxylic acids is 1. The van der Waals surface area contributed by atoms with Crippen LogP contribution >= 0.6 is 23.2 Å². The van der Waals surface area contributed by atoms with Gasteiger partial charge in [0.2, 0.25) is 0 Å². The molecule has 0 aliphatic carbocycles. The molecule has 142 valence electrons. The molecule has 1 N–H and O–H groups in total. The molecule has 3 aromatic carbocycles. The Hall–Kier alpha value is -3.21. The van der Waals surface area contributed by atoms with E-state index in [1.807, 2.05) is 48.5 Å². The lowest BCUT2D eigenvalue weighted by atomic mass is 10.0. The molecule has 0 aliphatic rings. The van der Waals surface area contributed by atoms with Gasteiger partial charge < -0.3 is 0 Å². The summed E-state index contributed by atoms with van der Waals surface area (Å²) in [6, 6.07) is 23.8. The van der Waals surface area contributed by atoms with Gasteiger partial charge in [-0.05, 0) is 42.0 Å². The zero-order valence-electron chi connectivity index (χ0n) is 15.1. The number of amides is 1. The molecule has 1 aromatic heterocycles. The van der Waals surface area contributed by atoms with E-state index in [0.717, 1.165) is 22.0 Å². The molecule has 29 heavy (non-hydrogen) atoms. The second kappa shape index (κ2) is 8.43. The number of pyridine rings is 1. The summed E-state index contributed by atoms with van der Waals surface area (Å²) in [5, 5.41) is 6.06. The molecule has 4 nitrogen and oxygen atoms in total. The third-order valence-electron chi connectivity index (χ3n) is 4.33. The molecule has 4 aromatic rings. The lowest BCUT2D eigenvalue weighted by Gasteiger charge is -2.09. The molecule has 1 amide bonds. The Kier molecular flexibility index (Phi) is 5.56. The van der Waals surface area contributed by atoms with E-state index in [4.69, 9.17) is 23.2 Å². The number of para-hydroxylation sites is 1. The van der Waals surface area contributed by atoms with Gasteiger partial charge in [-0.25, -0.2) is 10.4 Å². The topological polar surface area (TPSA) is 54.4 Å². The SMILES string of the molecule is O=C(N/N=C/c1cccc(Cl)c1)c1cc(-c2ccc(Cl)cc2)nc2ccccc12. The van der Waals surface area contributed by atoms with Crippen molar-refractivity contribution >= 4 is 46.2 Å². The van der Waals surface area contributed by atoms with Crippen LogP contribution in [0.25, 0.3) is 22.2 Å². The highest BCUT2D eigenvalue weighted by atomic mass is 35.5. The van der Waals surface area contributed by atoms with Gasteiger partial charge >= 0.3 is 0 Å². The normalized spacial score (nSPS) is 11.1. The third kappa shape index (κ3) is 4.45. The van der Waals surface area contributed by atoms with Gasteiger partial charge in [0.05, 0.1) is 23.0 Å². The number of nitrogens with zero attached hydrogens (tertiary/aromatic N) is 2. The van der Waals surface area contributed by atoms with Crippen LogP contribution in [0.15, 0.2) is 84.0 Å². The highest BCUT2D eigenvalue weighted by molar-refractivity contribution is 6.31. The van der Waals surface area contributed by atoms with Gasteiger partial charge in [-0.2, -0.15) is 5.10 Å². The van der Waals surface area contributed by atoms with Crippen LogP contribution in [0, 0.1) is 0 Å². The number of aromatic nitrogens is 1. The molecular weight excluding hydrogens is 405 g/mol. The number of rotatable bonds is 4. The molecule has 0 saturated heterocycles. The molecule has 0 aliphatic heterocycles. The highest BCUT2D eigenvalue weighted by Gasteiger charge is 2.13. The zero-order chi connectivity index (χ0) is 20.2. The number of hydrazone groups is 1. The van der Waals surface area contributed by atoms with Crippen LogP contribution in [0.5, 0.6) is 0 Å². The minimum atomic E-state index is -0.322. The van der Waals surface area contributed by atoms with Crippen LogP contribution in [0.1, 0.15) is 15.9 Å². The van der Waals surface area contributed by atoms with E-state index in [1.165, 1.54) is 0 Å². The smallest absolute Gasteiger partial charge is 0.267 e. The van der Waals surface area contributed by atoms with E-state index in [1.54, 1.807) is 36.5 Å². The second-order valence-electron chi connectivity index (χ2n) is 6.33. The maximum absolute atomic E-state index is 12.9. The summed E-state index contributed by atoms with van der Waals surface area (Å²) >= 11 is 12.0. The quantitative estimate of drug-likeness (QED) is 0.327. The van der Waals surface area contributed by atoms with Crippen molar-refractivity contribution in [3.8, 4) is 11.3 Å². The van der Waals surface area contributed by atoms with Crippen molar-refractivity contribution in [2.45, 2.75) is 0 Å². The van der Waals surface area contributed by atoms with E-state index in [2.05, 4.69) is 15.5 Å². The lowest BCUT2D eigenvalue weighted by Crippen LogP contribution is -2.18. The molecule has 0 bridgehead atoms. The zero-order valence-corrected chi connectivity index (χ0v) is 16.7. The highest BCUT2D eigenvalue weighted by Crippen LogP contribution is 2.26. The van der Waals surface area contributed by atoms with Gasteiger partial charge in [-0.15, -0.1) is 0 Å². The second-order valence-corrected chi connectivity index (χ2v) is 7.21. The minimum absolute atomic E-state index is 0.322. The molecule has 0 saturated carbocycles. The summed E-state index contributed by atoms with van der Waals surface area (Å²) in [6.07, 6.45) is 1.55. The van der Waals surface area contributed by atoms with Crippen LogP contribution in [-0.2, 0) is 0 Å². The fraction of sp³-hybridized carbons (Fsp3) is 0. The fourth-order valence-corrected chi connectivity index (χ4v) is 3.27. The maximum atomic E-state index is 12.9. The molecule has 1 heterocycles. The molecule has 0 unspecified atom stereocenters. The fourth-order valence-electron chi connectivity index (χ4n) is 2.94. The Labute approximate surface area is 177 Å². The molecule has 4 rings (SSSR count). The van der Waals surface area contributed by atoms with Gasteiger partial charge in [0.1, 0.15) is 0 Å². The summed E-state index contributed by atoms with van der Waals surface area (Å²) in [5.41, 5.74) is 6.15. The van der Waals surface area contributed by atoms with E-state index < -0.39 is 0 Å². The van der Waals surface area contributed by atoms with Gasteiger partial charge in [-0.3, -0.25) is 4.79 Å². The Morgan fingerprint density at radius 2 is 1.69 bits per heavy atom. The number of hydrogen-bond donors (Lipinski definition) is 1. The van der Waals surface area contributed by atoms with E-state index in [-0.39, 0.29) is 5.91 Å². The summed E-state index contributed by atoms with van der Waals surface area (Å²) in [7, 11) is 0. The number of nitrogens with one attached hydrogen (secondary N) is 1. The van der Waals surface area contributed by atoms with Crippen molar-refractivity contribution in [1.82, 2.24) is 10.4 Å². The van der Waals surface area contributed by atoms with Crippen molar-refractivity contribution < 1.29 is 4.79 Å². The number of carbonyl (C=O) groups is 1. The van der Waals surface area contributed by atoms with Crippen molar-refractivity contribution in [3.63, 3.8) is 0 Å². The van der Waals surface area contributed by atoms with Crippen LogP contribution in [0.4, 0.5) is 0 Å². The van der Waals surface area contributed by atoms with Crippen LogP contribution in [0.2, 0.25) is 10.0 Å². The maximum Gasteiger partial charge on any atom is 0.272 e. The van der Waals surface area contributed by atoms with Crippen LogP contribution in [0.3, 0.4) is 0 Å². The lowest BCUT2D eigenvalue weighted by molar-refractivity contribution is 0.0957. The van der Waals surface area contributed by atoms with Gasteiger partial charge in [-0.1, -0.05) is 65.7 Å². The van der Waals surface area contributed by atoms with Crippen molar-refractivity contribution in [2.24, 2.45) is 5.10 Å². The molecule has 0 atom stereocenters. The summed E-state index contributed by atoms with van der Waals surface area (Å²) in [6.45, 7) is 0. The first-order valence-electron chi connectivity index (χ1n) is 8.85. The van der Waals surface area contributed by atoms with Gasteiger partial charge in [0, 0.05) is 21.0 Å².